The van der Waals surface area contributed by atoms with Crippen LogP contribution in [0.4, 0.5) is 0 Å². The molecule has 3 heterocycles. The molecule has 0 saturated heterocycles. The molecule has 0 saturated carbocycles. The van der Waals surface area contributed by atoms with E-state index >= 15 is 0 Å². The van der Waals surface area contributed by atoms with Crippen molar-refractivity contribution >= 4 is 83.6 Å². The van der Waals surface area contributed by atoms with Crippen molar-refractivity contribution in [2.24, 2.45) is 0 Å². The van der Waals surface area contributed by atoms with Crippen LogP contribution in [0.15, 0.2) is 235 Å². The van der Waals surface area contributed by atoms with Crippen LogP contribution in [0.25, 0.3) is 77.3 Å². The molecule has 12 aromatic rings. The molecule has 0 aliphatic rings. The third-order valence-electron chi connectivity index (χ3n) is 12.5. The van der Waals surface area contributed by atoms with Crippen molar-refractivity contribution in [1.82, 2.24) is 9.13 Å². The molecule has 0 fully saturated rings. The van der Waals surface area contributed by atoms with E-state index in [9.17, 15) is 0 Å². The molecule has 0 aliphatic heterocycles. The second-order valence-electron chi connectivity index (χ2n) is 15.7. The first kappa shape index (κ1) is 34.4. The van der Waals surface area contributed by atoms with Crippen LogP contribution >= 0.6 is 0 Å². The fourth-order valence-electron chi connectivity index (χ4n) is 9.87. The van der Waals surface area contributed by atoms with Crippen LogP contribution in [0.5, 0.6) is 0 Å². The van der Waals surface area contributed by atoms with Gasteiger partial charge in [0.05, 0.1) is 21.9 Å². The van der Waals surface area contributed by atoms with Crippen LogP contribution < -0.4 is 20.7 Å². The molecule has 0 unspecified atom stereocenters. The molecule has 0 N–H and O–H groups in total. The molecule has 0 amide bonds. The summed E-state index contributed by atoms with van der Waals surface area (Å²) in [6.45, 7) is 0. The lowest BCUT2D eigenvalue weighted by molar-refractivity contribution is 0.645. The third kappa shape index (κ3) is 5.14. The van der Waals surface area contributed by atoms with Crippen LogP contribution in [0.3, 0.4) is 0 Å². The van der Waals surface area contributed by atoms with Gasteiger partial charge in [-0.1, -0.05) is 182 Å². The Morgan fingerprint density at radius 1 is 0.317 bits per heavy atom. The number of furan rings is 1. The Bertz CT molecular complexity index is 3430. The number of nitrogens with zero attached hydrogens (tertiary/aromatic N) is 2. The monoisotopic (exact) mass is 782 g/mol. The quantitative estimate of drug-likeness (QED) is 0.117. The largest absolute Gasteiger partial charge is 0.439 e. The standard InChI is InChI=1S/C56H38N2OSi/c1-5-19-41(20-6-1)58-53-37-40(32-34-48(53)55-49-29-14-16-31-54(49)59-56(55)58)39-18-17-21-42(36-39)57-51-30-15-13-28-47(51)50-38-46(33-35-52(50)57)60(43-22-7-2-8-23-43,44-24-9-3-10-25-44)45-26-11-4-12-27-45/h1-38H. The minimum atomic E-state index is -2.72. The zero-order valence-electron chi connectivity index (χ0n) is 32.7. The van der Waals surface area contributed by atoms with Crippen LogP contribution in [0.1, 0.15) is 0 Å². The van der Waals surface area contributed by atoms with Crippen LogP contribution in [-0.4, -0.2) is 17.2 Å². The number of hydrogen-bond donors (Lipinski definition) is 0. The van der Waals surface area contributed by atoms with Gasteiger partial charge in [0.25, 0.3) is 0 Å². The summed E-state index contributed by atoms with van der Waals surface area (Å²) in [4.78, 5) is 0. The summed E-state index contributed by atoms with van der Waals surface area (Å²) in [6, 6.07) is 84.4. The van der Waals surface area contributed by atoms with Gasteiger partial charge in [-0.15, -0.1) is 0 Å². The van der Waals surface area contributed by atoms with Crippen molar-refractivity contribution in [3.63, 3.8) is 0 Å². The average Bonchev–Trinajstić information content (AvgIpc) is 3.97. The molecule has 0 spiro atoms. The van der Waals surface area contributed by atoms with Crippen molar-refractivity contribution in [2.75, 3.05) is 0 Å². The van der Waals surface area contributed by atoms with E-state index in [1.54, 1.807) is 0 Å². The first-order valence-electron chi connectivity index (χ1n) is 20.6. The molecule has 0 atom stereocenters. The SMILES string of the molecule is c1ccc(-n2c3cc(-c4cccc(-n5c6ccccc6c6cc([Si](c7ccccc7)(c7ccccc7)c7ccccc7)ccc65)c4)ccc3c3c4ccccc4oc32)cc1. The lowest BCUT2D eigenvalue weighted by atomic mass is 10.0. The number of hydrogen-bond acceptors (Lipinski definition) is 1. The van der Waals surface area contributed by atoms with E-state index < -0.39 is 8.07 Å². The number of rotatable bonds is 7. The van der Waals surface area contributed by atoms with Crippen LogP contribution in [0.2, 0.25) is 0 Å². The smallest absolute Gasteiger partial charge is 0.213 e. The maximum Gasteiger partial charge on any atom is 0.213 e. The molecule has 12 rings (SSSR count). The second kappa shape index (κ2) is 13.7. The van der Waals surface area contributed by atoms with E-state index in [-0.39, 0.29) is 0 Å². The van der Waals surface area contributed by atoms with E-state index in [2.05, 4.69) is 234 Å². The average molecular weight is 783 g/mol. The zero-order chi connectivity index (χ0) is 39.6. The fourth-order valence-corrected chi connectivity index (χ4v) is 14.6. The van der Waals surface area contributed by atoms with Gasteiger partial charge in [0.2, 0.25) is 5.71 Å². The third-order valence-corrected chi connectivity index (χ3v) is 17.2. The van der Waals surface area contributed by atoms with Gasteiger partial charge in [0.15, 0.2) is 8.07 Å². The van der Waals surface area contributed by atoms with E-state index in [1.165, 1.54) is 47.9 Å². The first-order chi connectivity index (χ1) is 29.8. The highest BCUT2D eigenvalue weighted by Gasteiger charge is 2.41. The Kier molecular flexibility index (Phi) is 7.87. The molecular formula is C56H38N2OSi. The Morgan fingerprint density at radius 2 is 0.883 bits per heavy atom. The first-order valence-corrected chi connectivity index (χ1v) is 22.6. The molecule has 4 heteroatoms. The maximum absolute atomic E-state index is 6.59. The van der Waals surface area contributed by atoms with Crippen molar-refractivity contribution in [1.29, 1.82) is 0 Å². The summed E-state index contributed by atoms with van der Waals surface area (Å²) < 4.78 is 11.3. The normalized spacial score (nSPS) is 12.0. The number of benzene rings is 9. The Morgan fingerprint density at radius 3 is 1.58 bits per heavy atom. The molecule has 282 valence electrons. The topological polar surface area (TPSA) is 23.0 Å². The highest BCUT2D eigenvalue weighted by atomic mass is 28.3. The summed E-state index contributed by atoms with van der Waals surface area (Å²) in [7, 11) is -2.72. The molecule has 0 bridgehead atoms. The van der Waals surface area contributed by atoms with Gasteiger partial charge in [0, 0.05) is 32.9 Å². The Labute approximate surface area is 348 Å². The molecule has 0 radical (unpaired) electrons. The second-order valence-corrected chi connectivity index (χ2v) is 19.5. The van der Waals surface area contributed by atoms with Gasteiger partial charge in [-0.25, -0.2) is 0 Å². The van der Waals surface area contributed by atoms with Gasteiger partial charge in [0.1, 0.15) is 5.58 Å². The number of para-hydroxylation sites is 3. The van der Waals surface area contributed by atoms with Gasteiger partial charge in [-0.3, -0.25) is 4.57 Å². The summed E-state index contributed by atoms with van der Waals surface area (Å²) in [6.07, 6.45) is 0. The lowest BCUT2D eigenvalue weighted by Gasteiger charge is -2.34. The van der Waals surface area contributed by atoms with E-state index in [0.29, 0.717) is 0 Å². The predicted molar refractivity (Wildman–Crippen MR) is 254 cm³/mol. The predicted octanol–water partition coefficient (Wildman–Crippen LogP) is 11.7. The molecule has 60 heavy (non-hydrogen) atoms. The fraction of sp³-hybridized carbons (Fsp3) is 0. The molecular weight excluding hydrogens is 745 g/mol. The highest BCUT2D eigenvalue weighted by Crippen LogP contribution is 2.41. The highest BCUT2D eigenvalue weighted by molar-refractivity contribution is 7.20. The van der Waals surface area contributed by atoms with E-state index in [1.807, 2.05) is 6.07 Å². The van der Waals surface area contributed by atoms with Crippen LogP contribution in [0, 0.1) is 0 Å². The van der Waals surface area contributed by atoms with Crippen LogP contribution in [-0.2, 0) is 0 Å². The summed E-state index contributed by atoms with van der Waals surface area (Å²) in [5.74, 6) is 0. The van der Waals surface area contributed by atoms with Crippen molar-refractivity contribution in [2.45, 2.75) is 0 Å². The lowest BCUT2D eigenvalue weighted by Crippen LogP contribution is -2.74. The maximum atomic E-state index is 6.59. The summed E-state index contributed by atoms with van der Waals surface area (Å²) >= 11 is 0. The minimum Gasteiger partial charge on any atom is -0.439 e. The van der Waals surface area contributed by atoms with Gasteiger partial charge < -0.3 is 8.98 Å². The van der Waals surface area contributed by atoms with Gasteiger partial charge in [-0.2, -0.15) is 0 Å². The van der Waals surface area contributed by atoms with Gasteiger partial charge in [-0.05, 0) is 80.4 Å². The van der Waals surface area contributed by atoms with Gasteiger partial charge >= 0.3 is 0 Å². The summed E-state index contributed by atoms with van der Waals surface area (Å²) in [5, 5.41) is 11.4. The molecule has 0 aliphatic carbocycles. The number of aromatic nitrogens is 2. The summed E-state index contributed by atoms with van der Waals surface area (Å²) in [5.41, 5.74) is 9.78. The Balaban J connectivity index is 1.05. The van der Waals surface area contributed by atoms with E-state index in [4.69, 9.17) is 4.42 Å². The zero-order valence-corrected chi connectivity index (χ0v) is 33.7. The minimum absolute atomic E-state index is 0.867. The molecule has 3 aromatic heterocycles. The molecule has 3 nitrogen and oxygen atoms in total. The van der Waals surface area contributed by atoms with Crippen molar-refractivity contribution < 1.29 is 4.42 Å². The van der Waals surface area contributed by atoms with Crippen molar-refractivity contribution in [3.8, 4) is 22.5 Å². The molecule has 9 aromatic carbocycles. The van der Waals surface area contributed by atoms with Crippen molar-refractivity contribution in [3.05, 3.63) is 231 Å². The van der Waals surface area contributed by atoms with E-state index in [0.717, 1.165) is 50.1 Å². The number of fused-ring (bicyclic) bond motifs is 8. The Hall–Kier alpha value is -7.66.